The van der Waals surface area contributed by atoms with Crippen molar-refractivity contribution < 1.29 is 31.5 Å². The molecule has 1 rings (SSSR count). The standard InChI is InChI=1S/C13H17ClF3O4PS/c1-4-9(3)23-22(18,19-5-2)21-12-7-6-10(8-11(12)14)20-13(15,16)17/h6-9H,4-5H2,1-3H3. The molecule has 132 valence electrons. The summed E-state index contributed by atoms with van der Waals surface area (Å²) in [4.78, 5) is 0. The minimum Gasteiger partial charge on any atom is -0.415 e. The number of benzene rings is 1. The zero-order valence-corrected chi connectivity index (χ0v) is 15.2. The topological polar surface area (TPSA) is 44.8 Å². The van der Waals surface area contributed by atoms with Gasteiger partial charge in [0.25, 0.3) is 0 Å². The van der Waals surface area contributed by atoms with Crippen molar-refractivity contribution in [3.05, 3.63) is 23.2 Å². The molecule has 0 saturated carbocycles. The Morgan fingerprint density at radius 1 is 1.35 bits per heavy atom. The maximum absolute atomic E-state index is 12.7. The Labute approximate surface area is 141 Å². The second-order valence-electron chi connectivity index (χ2n) is 4.42. The lowest BCUT2D eigenvalue weighted by Crippen LogP contribution is -2.17. The van der Waals surface area contributed by atoms with Crippen LogP contribution in [0.2, 0.25) is 5.02 Å². The lowest BCUT2D eigenvalue weighted by molar-refractivity contribution is -0.274. The van der Waals surface area contributed by atoms with E-state index in [2.05, 4.69) is 4.74 Å². The van der Waals surface area contributed by atoms with E-state index in [1.165, 1.54) is 0 Å². The molecular weight excluding hydrogens is 376 g/mol. The quantitative estimate of drug-likeness (QED) is 0.486. The fourth-order valence-corrected chi connectivity index (χ4v) is 5.77. The normalized spacial score (nSPS) is 15.8. The van der Waals surface area contributed by atoms with Gasteiger partial charge in [0.2, 0.25) is 0 Å². The zero-order chi connectivity index (χ0) is 17.7. The van der Waals surface area contributed by atoms with Gasteiger partial charge in [-0.15, -0.1) is 13.2 Å². The fraction of sp³-hybridized carbons (Fsp3) is 0.538. The highest BCUT2D eigenvalue weighted by molar-refractivity contribution is 8.55. The lowest BCUT2D eigenvalue weighted by Gasteiger charge is -2.21. The monoisotopic (exact) mass is 392 g/mol. The van der Waals surface area contributed by atoms with Crippen LogP contribution in [0, 0.1) is 0 Å². The Kier molecular flexibility index (Phi) is 7.58. The first-order valence-electron chi connectivity index (χ1n) is 6.76. The maximum atomic E-state index is 12.7. The number of hydrogen-bond acceptors (Lipinski definition) is 5. The lowest BCUT2D eigenvalue weighted by atomic mass is 10.3. The molecule has 1 aromatic rings. The van der Waals surface area contributed by atoms with Crippen LogP contribution in [0.15, 0.2) is 18.2 Å². The van der Waals surface area contributed by atoms with Gasteiger partial charge in [-0.2, -0.15) is 0 Å². The molecule has 0 aromatic heterocycles. The first-order valence-corrected chi connectivity index (χ1v) is 10.2. The summed E-state index contributed by atoms with van der Waals surface area (Å²) in [5.41, 5.74) is 0. The molecule has 23 heavy (non-hydrogen) atoms. The van der Waals surface area contributed by atoms with Crippen molar-refractivity contribution in [3.63, 3.8) is 0 Å². The van der Waals surface area contributed by atoms with Crippen LogP contribution in [-0.2, 0) is 9.09 Å². The van der Waals surface area contributed by atoms with Gasteiger partial charge in [0.1, 0.15) is 11.5 Å². The molecular formula is C13H17ClF3O4PS. The van der Waals surface area contributed by atoms with E-state index < -0.39 is 18.9 Å². The number of ether oxygens (including phenoxy) is 1. The van der Waals surface area contributed by atoms with Crippen LogP contribution in [0.1, 0.15) is 27.2 Å². The molecule has 2 atom stereocenters. The predicted molar refractivity (Wildman–Crippen MR) is 85.3 cm³/mol. The molecule has 4 nitrogen and oxygen atoms in total. The first kappa shape index (κ1) is 20.5. The number of halogens is 4. The Bertz CT molecular complexity index is 571. The van der Waals surface area contributed by atoms with Crippen molar-refractivity contribution in [2.45, 2.75) is 38.8 Å². The number of alkyl halides is 3. The van der Waals surface area contributed by atoms with Gasteiger partial charge in [0.15, 0.2) is 0 Å². The summed E-state index contributed by atoms with van der Waals surface area (Å²) in [5, 5.41) is -0.143. The molecule has 10 heteroatoms. The van der Waals surface area contributed by atoms with Crippen LogP contribution >= 0.6 is 29.8 Å². The minimum atomic E-state index is -4.82. The van der Waals surface area contributed by atoms with Gasteiger partial charge < -0.3 is 9.26 Å². The third-order valence-electron chi connectivity index (χ3n) is 2.52. The maximum Gasteiger partial charge on any atom is 0.573 e. The molecule has 0 fully saturated rings. The fourth-order valence-electron chi connectivity index (χ4n) is 1.40. The summed E-state index contributed by atoms with van der Waals surface area (Å²) < 4.78 is 63.5. The minimum absolute atomic E-state index is 0.0130. The van der Waals surface area contributed by atoms with Crippen LogP contribution in [0.25, 0.3) is 0 Å². The van der Waals surface area contributed by atoms with Crippen LogP contribution in [0.5, 0.6) is 11.5 Å². The molecule has 0 spiro atoms. The second-order valence-corrected chi connectivity index (χ2v) is 9.15. The largest absolute Gasteiger partial charge is 0.573 e. The van der Waals surface area contributed by atoms with Gasteiger partial charge in [-0.25, -0.2) is 4.57 Å². The van der Waals surface area contributed by atoms with Gasteiger partial charge in [0.05, 0.1) is 11.6 Å². The Morgan fingerprint density at radius 3 is 2.48 bits per heavy atom. The van der Waals surface area contributed by atoms with E-state index in [-0.39, 0.29) is 22.6 Å². The van der Waals surface area contributed by atoms with Gasteiger partial charge in [0, 0.05) is 11.3 Å². The Hall–Kier alpha value is -0.560. The Morgan fingerprint density at radius 2 is 2.00 bits per heavy atom. The number of hydrogen-bond donors (Lipinski definition) is 0. The highest BCUT2D eigenvalue weighted by atomic mass is 35.5. The molecule has 2 unspecified atom stereocenters. The van der Waals surface area contributed by atoms with Crippen LogP contribution < -0.4 is 9.26 Å². The summed E-state index contributed by atoms with van der Waals surface area (Å²) in [5.74, 6) is -0.524. The molecule has 0 radical (unpaired) electrons. The average Bonchev–Trinajstić information content (AvgIpc) is 2.40. The van der Waals surface area contributed by atoms with Gasteiger partial charge in [-0.3, -0.25) is 4.52 Å². The summed E-state index contributed by atoms with van der Waals surface area (Å²) in [6.45, 7) is 2.08. The van der Waals surface area contributed by atoms with Crippen molar-refractivity contribution in [3.8, 4) is 11.5 Å². The van der Waals surface area contributed by atoms with Gasteiger partial charge in [-0.1, -0.05) is 25.4 Å². The highest BCUT2D eigenvalue weighted by Gasteiger charge is 2.33. The van der Waals surface area contributed by atoms with E-state index in [9.17, 15) is 17.7 Å². The molecule has 0 aliphatic heterocycles. The van der Waals surface area contributed by atoms with Crippen molar-refractivity contribution in [2.24, 2.45) is 0 Å². The molecule has 1 aromatic carbocycles. The van der Waals surface area contributed by atoms with Crippen LogP contribution in [-0.4, -0.2) is 18.2 Å². The SMILES string of the molecule is CCOP(=O)(Oc1ccc(OC(F)(F)F)cc1Cl)SC(C)CC. The Balaban J connectivity index is 2.94. The van der Waals surface area contributed by atoms with Crippen molar-refractivity contribution in [2.75, 3.05) is 6.61 Å². The highest BCUT2D eigenvalue weighted by Crippen LogP contribution is 2.62. The van der Waals surface area contributed by atoms with Crippen LogP contribution in [0.3, 0.4) is 0 Å². The average molecular weight is 393 g/mol. The van der Waals surface area contributed by atoms with Crippen molar-refractivity contribution >= 4 is 29.8 Å². The van der Waals surface area contributed by atoms with E-state index in [0.29, 0.717) is 0 Å². The van der Waals surface area contributed by atoms with E-state index in [1.54, 1.807) is 6.92 Å². The van der Waals surface area contributed by atoms with Crippen molar-refractivity contribution in [1.29, 1.82) is 0 Å². The zero-order valence-electron chi connectivity index (χ0n) is 12.7. The predicted octanol–water partition coefficient (Wildman–Crippen LogP) is 6.29. The summed E-state index contributed by atoms with van der Waals surface area (Å²) >= 11 is 6.91. The summed E-state index contributed by atoms with van der Waals surface area (Å²) in [6, 6.07) is 3.12. The van der Waals surface area contributed by atoms with E-state index in [0.717, 1.165) is 36.0 Å². The third-order valence-corrected chi connectivity index (χ3v) is 7.15. The first-order chi connectivity index (χ1) is 10.6. The van der Waals surface area contributed by atoms with E-state index >= 15 is 0 Å². The smallest absolute Gasteiger partial charge is 0.415 e. The van der Waals surface area contributed by atoms with Gasteiger partial charge in [-0.05, 0) is 36.9 Å². The van der Waals surface area contributed by atoms with Crippen LogP contribution in [0.4, 0.5) is 13.2 Å². The second kappa shape index (κ2) is 8.51. The molecule has 0 amide bonds. The molecule has 0 aliphatic carbocycles. The summed E-state index contributed by atoms with van der Waals surface area (Å²) in [6.07, 6.45) is -4.07. The molecule has 0 bridgehead atoms. The number of rotatable bonds is 8. The van der Waals surface area contributed by atoms with E-state index in [1.807, 2.05) is 13.8 Å². The molecule has 0 saturated heterocycles. The molecule has 0 N–H and O–H groups in total. The van der Waals surface area contributed by atoms with Gasteiger partial charge >= 0.3 is 13.2 Å². The molecule has 0 aliphatic rings. The van der Waals surface area contributed by atoms with Crippen molar-refractivity contribution in [1.82, 2.24) is 0 Å². The molecule has 0 heterocycles. The summed E-state index contributed by atoms with van der Waals surface area (Å²) in [7, 11) is 0. The third kappa shape index (κ3) is 7.25. The van der Waals surface area contributed by atoms with E-state index in [4.69, 9.17) is 20.6 Å².